The number of aromatic nitrogens is 2. The third-order valence-electron chi connectivity index (χ3n) is 4.78. The Morgan fingerprint density at radius 1 is 1.04 bits per heavy atom. The molecule has 2 fully saturated rings. The fourth-order valence-electron chi connectivity index (χ4n) is 3.18. The zero-order valence-electron chi connectivity index (χ0n) is 15.1. The van der Waals surface area contributed by atoms with Crippen molar-refractivity contribution in [2.24, 2.45) is 0 Å². The lowest BCUT2D eigenvalue weighted by Gasteiger charge is -2.34. The number of rotatable bonds is 4. The molecule has 0 N–H and O–H groups in total. The van der Waals surface area contributed by atoms with Gasteiger partial charge in [0.05, 0.1) is 13.1 Å². The van der Waals surface area contributed by atoms with Crippen molar-refractivity contribution in [2.75, 3.05) is 45.8 Å². The monoisotopic (exact) mass is 335 g/mol. The summed E-state index contributed by atoms with van der Waals surface area (Å²) in [7, 11) is 0. The highest BCUT2D eigenvalue weighted by molar-refractivity contribution is 5.78. The number of piperazine rings is 1. The lowest BCUT2D eigenvalue weighted by molar-refractivity contribution is -0.131. The molecule has 1 aromatic rings. The van der Waals surface area contributed by atoms with Gasteiger partial charge in [0.2, 0.25) is 11.8 Å². The number of nitrogens with zero attached hydrogens (tertiary/aromatic N) is 5. The summed E-state index contributed by atoms with van der Waals surface area (Å²) in [4.78, 5) is 23.3. The first-order valence-electron chi connectivity index (χ1n) is 8.97. The average molecular weight is 335 g/mol. The Hall–Kier alpha value is -1.47. The van der Waals surface area contributed by atoms with Gasteiger partial charge in [0, 0.05) is 44.7 Å². The highest BCUT2D eigenvalue weighted by Gasteiger charge is 2.25. The van der Waals surface area contributed by atoms with Crippen molar-refractivity contribution in [1.82, 2.24) is 24.8 Å². The maximum Gasteiger partial charge on any atom is 0.240 e. The van der Waals surface area contributed by atoms with Crippen molar-refractivity contribution in [3.8, 4) is 0 Å². The second-order valence-electron chi connectivity index (χ2n) is 7.90. The Labute approximate surface area is 144 Å². The van der Waals surface area contributed by atoms with Crippen LogP contribution < -0.4 is 0 Å². The van der Waals surface area contributed by atoms with Crippen LogP contribution in [-0.2, 0) is 16.8 Å². The van der Waals surface area contributed by atoms with Crippen LogP contribution in [-0.4, -0.2) is 76.6 Å². The lowest BCUT2D eigenvalue weighted by Crippen LogP contribution is -2.49. The molecule has 0 unspecified atom stereocenters. The Balaban J connectivity index is 1.43. The molecule has 134 valence electrons. The molecule has 3 rings (SSSR count). The molecule has 1 aromatic heterocycles. The van der Waals surface area contributed by atoms with Crippen molar-refractivity contribution >= 4 is 5.91 Å². The van der Waals surface area contributed by atoms with Crippen LogP contribution in [0.1, 0.15) is 45.3 Å². The first kappa shape index (κ1) is 17.4. The fraction of sp³-hybridized carbons (Fsp3) is 0.824. The van der Waals surface area contributed by atoms with E-state index in [2.05, 4.69) is 40.7 Å². The molecule has 0 atom stereocenters. The molecule has 24 heavy (non-hydrogen) atoms. The third kappa shape index (κ3) is 4.33. The van der Waals surface area contributed by atoms with Gasteiger partial charge in [0.1, 0.15) is 0 Å². The molecule has 7 heteroatoms. The predicted molar refractivity (Wildman–Crippen MR) is 90.5 cm³/mol. The molecule has 3 heterocycles. The second kappa shape index (κ2) is 7.19. The van der Waals surface area contributed by atoms with E-state index in [1.807, 2.05) is 4.90 Å². The summed E-state index contributed by atoms with van der Waals surface area (Å²) in [6.45, 7) is 13.1. The van der Waals surface area contributed by atoms with Gasteiger partial charge in [-0.25, -0.2) is 0 Å². The number of carbonyl (C=O) groups is 1. The van der Waals surface area contributed by atoms with Gasteiger partial charge in [-0.1, -0.05) is 25.9 Å². The minimum absolute atomic E-state index is 0.0869. The van der Waals surface area contributed by atoms with Crippen LogP contribution >= 0.6 is 0 Å². The molecule has 2 aliphatic heterocycles. The zero-order valence-corrected chi connectivity index (χ0v) is 15.1. The maximum absolute atomic E-state index is 12.2. The van der Waals surface area contributed by atoms with E-state index in [0.717, 1.165) is 57.9 Å². The van der Waals surface area contributed by atoms with Gasteiger partial charge in [0.25, 0.3) is 0 Å². The van der Waals surface area contributed by atoms with Crippen LogP contribution in [0, 0.1) is 0 Å². The lowest BCUT2D eigenvalue weighted by atomic mass is 9.96. The maximum atomic E-state index is 12.2. The molecule has 2 aliphatic rings. The highest BCUT2D eigenvalue weighted by Crippen LogP contribution is 2.19. The Bertz CT molecular complexity index is 552. The zero-order chi connectivity index (χ0) is 17.2. The molecule has 0 aromatic carbocycles. The summed E-state index contributed by atoms with van der Waals surface area (Å²) in [5.41, 5.74) is -0.0869. The van der Waals surface area contributed by atoms with Crippen molar-refractivity contribution < 1.29 is 9.32 Å². The van der Waals surface area contributed by atoms with E-state index in [9.17, 15) is 4.79 Å². The summed E-state index contributed by atoms with van der Waals surface area (Å²) in [6.07, 6.45) is 2.31. The number of hydrogen-bond donors (Lipinski definition) is 0. The highest BCUT2D eigenvalue weighted by atomic mass is 16.5. The predicted octanol–water partition coefficient (Wildman–Crippen LogP) is 1.11. The van der Waals surface area contributed by atoms with Gasteiger partial charge in [-0.05, 0) is 12.8 Å². The van der Waals surface area contributed by atoms with Crippen LogP contribution in [0.4, 0.5) is 0 Å². The molecular formula is C17H29N5O2. The van der Waals surface area contributed by atoms with Crippen LogP contribution in [0.5, 0.6) is 0 Å². The first-order chi connectivity index (χ1) is 11.4. The summed E-state index contributed by atoms with van der Waals surface area (Å²) in [5, 5.41) is 4.08. The van der Waals surface area contributed by atoms with Crippen LogP contribution in [0.3, 0.4) is 0 Å². The van der Waals surface area contributed by atoms with Gasteiger partial charge in [-0.15, -0.1) is 0 Å². The Kier molecular flexibility index (Phi) is 5.20. The van der Waals surface area contributed by atoms with Gasteiger partial charge < -0.3 is 9.42 Å². The number of hydrogen-bond acceptors (Lipinski definition) is 6. The van der Waals surface area contributed by atoms with E-state index in [0.29, 0.717) is 19.0 Å². The van der Waals surface area contributed by atoms with E-state index in [4.69, 9.17) is 4.52 Å². The standard InChI is InChI=1S/C17H29N5O2/c1-17(2,3)16-18-14(24-19-16)12-20-8-10-21(11-9-20)13-15(23)22-6-4-5-7-22/h4-13H2,1-3H3. The van der Waals surface area contributed by atoms with E-state index in [1.165, 1.54) is 0 Å². The SMILES string of the molecule is CC(C)(C)c1noc(CN2CCN(CC(=O)N3CCCC3)CC2)n1. The summed E-state index contributed by atoms with van der Waals surface area (Å²) in [6, 6.07) is 0. The second-order valence-corrected chi connectivity index (χ2v) is 7.90. The normalized spacial score (nSPS) is 20.7. The van der Waals surface area contributed by atoms with Gasteiger partial charge >= 0.3 is 0 Å². The molecule has 0 saturated carbocycles. The topological polar surface area (TPSA) is 65.7 Å². The molecule has 2 saturated heterocycles. The van der Waals surface area contributed by atoms with Crippen LogP contribution in [0.25, 0.3) is 0 Å². The van der Waals surface area contributed by atoms with Gasteiger partial charge in [0.15, 0.2) is 5.82 Å². The number of likely N-dealkylation sites (tertiary alicyclic amines) is 1. The molecule has 0 spiro atoms. The minimum Gasteiger partial charge on any atom is -0.342 e. The molecule has 1 amide bonds. The third-order valence-corrected chi connectivity index (χ3v) is 4.78. The Morgan fingerprint density at radius 3 is 2.25 bits per heavy atom. The molecule has 0 radical (unpaired) electrons. The van der Waals surface area contributed by atoms with E-state index >= 15 is 0 Å². The van der Waals surface area contributed by atoms with E-state index in [-0.39, 0.29) is 11.3 Å². The van der Waals surface area contributed by atoms with Crippen molar-refractivity contribution in [3.63, 3.8) is 0 Å². The molecular weight excluding hydrogens is 306 g/mol. The molecule has 0 bridgehead atoms. The fourth-order valence-corrected chi connectivity index (χ4v) is 3.18. The largest absolute Gasteiger partial charge is 0.342 e. The summed E-state index contributed by atoms with van der Waals surface area (Å²) in [5.74, 6) is 1.72. The van der Waals surface area contributed by atoms with E-state index < -0.39 is 0 Å². The smallest absolute Gasteiger partial charge is 0.240 e. The number of amides is 1. The van der Waals surface area contributed by atoms with Crippen LogP contribution in [0.2, 0.25) is 0 Å². The summed E-state index contributed by atoms with van der Waals surface area (Å²) < 4.78 is 5.38. The minimum atomic E-state index is -0.0869. The Morgan fingerprint density at radius 2 is 1.67 bits per heavy atom. The summed E-state index contributed by atoms with van der Waals surface area (Å²) >= 11 is 0. The number of carbonyl (C=O) groups excluding carboxylic acids is 1. The average Bonchev–Trinajstić information content (AvgIpc) is 3.19. The first-order valence-corrected chi connectivity index (χ1v) is 8.97. The molecule has 0 aliphatic carbocycles. The van der Waals surface area contributed by atoms with Crippen molar-refractivity contribution in [2.45, 2.75) is 45.6 Å². The van der Waals surface area contributed by atoms with Gasteiger partial charge in [-0.3, -0.25) is 14.6 Å². The van der Waals surface area contributed by atoms with Gasteiger partial charge in [-0.2, -0.15) is 4.98 Å². The van der Waals surface area contributed by atoms with E-state index in [1.54, 1.807) is 0 Å². The molecule has 7 nitrogen and oxygen atoms in total. The quantitative estimate of drug-likeness (QED) is 0.821. The van der Waals surface area contributed by atoms with Crippen molar-refractivity contribution in [3.05, 3.63) is 11.7 Å². The van der Waals surface area contributed by atoms with Crippen molar-refractivity contribution in [1.29, 1.82) is 0 Å². The van der Waals surface area contributed by atoms with Crippen LogP contribution in [0.15, 0.2) is 4.52 Å².